The zero-order chi connectivity index (χ0) is 18.0. The molecule has 3 rings (SSSR count). The van der Waals surface area contributed by atoms with E-state index in [4.69, 9.17) is 4.74 Å². The molecule has 134 valence electrons. The van der Waals surface area contributed by atoms with Gasteiger partial charge in [-0.05, 0) is 38.0 Å². The van der Waals surface area contributed by atoms with E-state index in [9.17, 15) is 4.79 Å². The molecule has 25 heavy (non-hydrogen) atoms. The van der Waals surface area contributed by atoms with E-state index in [0.29, 0.717) is 13.0 Å². The van der Waals surface area contributed by atoms with Gasteiger partial charge in [-0.15, -0.1) is 0 Å². The number of benzene rings is 1. The van der Waals surface area contributed by atoms with E-state index in [1.165, 1.54) is 5.56 Å². The second-order valence-corrected chi connectivity index (χ2v) is 6.54. The third kappa shape index (κ3) is 3.54. The van der Waals surface area contributed by atoms with Gasteiger partial charge in [0.15, 0.2) is 0 Å². The van der Waals surface area contributed by atoms with Crippen molar-refractivity contribution in [2.45, 2.75) is 39.3 Å². The number of amides is 1. The van der Waals surface area contributed by atoms with Crippen molar-refractivity contribution in [1.82, 2.24) is 15.1 Å². The first-order chi connectivity index (χ1) is 12.0. The van der Waals surface area contributed by atoms with Crippen LogP contribution in [0.25, 0.3) is 0 Å². The third-order valence-electron chi connectivity index (χ3n) is 4.85. The van der Waals surface area contributed by atoms with Gasteiger partial charge in [0.25, 0.3) is 0 Å². The molecule has 0 spiro atoms. The fraction of sp³-hybridized carbons (Fsp3) is 0.474. The van der Waals surface area contributed by atoms with Crippen molar-refractivity contribution in [3.8, 4) is 5.88 Å². The molecule has 2 heterocycles. The van der Waals surface area contributed by atoms with Gasteiger partial charge in [-0.25, -0.2) is 4.68 Å². The standard InChI is InChI=1S/C19H26N4O2/c1-13(20-12-17-14(2)21-22(3)19(17)25-4)15-7-9-16(10-8-15)23-11-5-6-18(23)24/h7-10,13,20H,5-6,11-12H2,1-4H3/t13-/m0/s1. The Morgan fingerprint density at radius 3 is 2.64 bits per heavy atom. The Morgan fingerprint density at radius 2 is 2.04 bits per heavy atom. The largest absolute Gasteiger partial charge is 0.481 e. The lowest BCUT2D eigenvalue weighted by Gasteiger charge is -2.18. The summed E-state index contributed by atoms with van der Waals surface area (Å²) >= 11 is 0. The molecule has 1 aromatic heterocycles. The van der Waals surface area contributed by atoms with Gasteiger partial charge in [0.2, 0.25) is 11.8 Å². The van der Waals surface area contributed by atoms with Crippen molar-refractivity contribution in [3.63, 3.8) is 0 Å². The van der Waals surface area contributed by atoms with E-state index in [2.05, 4.69) is 29.5 Å². The summed E-state index contributed by atoms with van der Waals surface area (Å²) in [5, 5.41) is 7.94. The second kappa shape index (κ2) is 7.27. The minimum atomic E-state index is 0.188. The Morgan fingerprint density at radius 1 is 1.32 bits per heavy atom. The number of hydrogen-bond acceptors (Lipinski definition) is 4. The van der Waals surface area contributed by atoms with E-state index in [1.807, 2.05) is 31.0 Å². The summed E-state index contributed by atoms with van der Waals surface area (Å²) in [5.41, 5.74) is 4.23. The normalized spacial score (nSPS) is 15.7. The average molecular weight is 342 g/mol. The predicted octanol–water partition coefficient (Wildman–Crippen LogP) is 2.71. The summed E-state index contributed by atoms with van der Waals surface area (Å²) in [7, 11) is 3.55. The number of carbonyl (C=O) groups excluding carboxylic acids is 1. The van der Waals surface area contributed by atoms with Gasteiger partial charge in [0, 0.05) is 38.3 Å². The number of anilines is 1. The van der Waals surface area contributed by atoms with Crippen LogP contribution in [0, 0.1) is 6.92 Å². The highest BCUT2D eigenvalue weighted by Crippen LogP contribution is 2.25. The Balaban J connectivity index is 1.65. The second-order valence-electron chi connectivity index (χ2n) is 6.54. The van der Waals surface area contributed by atoms with Gasteiger partial charge in [-0.2, -0.15) is 5.10 Å². The molecule has 1 N–H and O–H groups in total. The molecule has 1 aliphatic heterocycles. The molecule has 0 unspecified atom stereocenters. The van der Waals surface area contributed by atoms with E-state index in [-0.39, 0.29) is 11.9 Å². The number of nitrogens with zero attached hydrogens (tertiary/aromatic N) is 3. The van der Waals surface area contributed by atoms with Crippen molar-refractivity contribution < 1.29 is 9.53 Å². The Bertz CT molecular complexity index is 752. The number of aromatic nitrogens is 2. The van der Waals surface area contributed by atoms with E-state index >= 15 is 0 Å². The number of hydrogen-bond donors (Lipinski definition) is 1. The highest BCUT2D eigenvalue weighted by Gasteiger charge is 2.21. The van der Waals surface area contributed by atoms with Gasteiger partial charge in [-0.3, -0.25) is 4.79 Å². The molecule has 1 atom stereocenters. The first-order valence-electron chi connectivity index (χ1n) is 8.71. The van der Waals surface area contributed by atoms with Crippen LogP contribution in [0.15, 0.2) is 24.3 Å². The van der Waals surface area contributed by atoms with Crippen LogP contribution in [-0.2, 0) is 18.4 Å². The van der Waals surface area contributed by atoms with Gasteiger partial charge in [0.1, 0.15) is 0 Å². The van der Waals surface area contributed by atoms with Crippen molar-refractivity contribution in [2.24, 2.45) is 7.05 Å². The molecule has 6 nitrogen and oxygen atoms in total. The first-order valence-corrected chi connectivity index (χ1v) is 8.71. The summed E-state index contributed by atoms with van der Waals surface area (Å²) in [4.78, 5) is 13.7. The lowest BCUT2D eigenvalue weighted by molar-refractivity contribution is -0.117. The minimum Gasteiger partial charge on any atom is -0.481 e. The predicted molar refractivity (Wildman–Crippen MR) is 97.8 cm³/mol. The van der Waals surface area contributed by atoms with Crippen LogP contribution in [-0.4, -0.2) is 29.3 Å². The molecule has 0 saturated carbocycles. The summed E-state index contributed by atoms with van der Waals surface area (Å²) in [6.07, 6.45) is 1.61. The molecule has 1 aliphatic rings. The highest BCUT2D eigenvalue weighted by atomic mass is 16.5. The third-order valence-corrected chi connectivity index (χ3v) is 4.85. The Kier molecular flexibility index (Phi) is 5.08. The van der Waals surface area contributed by atoms with Crippen LogP contribution in [0.4, 0.5) is 5.69 Å². The molecular weight excluding hydrogens is 316 g/mol. The quantitative estimate of drug-likeness (QED) is 0.877. The maximum atomic E-state index is 11.8. The number of aryl methyl sites for hydroxylation is 2. The Labute approximate surface area is 148 Å². The number of carbonyl (C=O) groups is 1. The summed E-state index contributed by atoms with van der Waals surface area (Å²) in [6, 6.07) is 8.43. The zero-order valence-corrected chi connectivity index (χ0v) is 15.4. The van der Waals surface area contributed by atoms with Crippen LogP contribution in [0.2, 0.25) is 0 Å². The molecule has 1 fully saturated rings. The molecule has 1 aromatic carbocycles. The van der Waals surface area contributed by atoms with Crippen LogP contribution < -0.4 is 15.0 Å². The molecule has 2 aromatic rings. The Hall–Kier alpha value is -2.34. The monoisotopic (exact) mass is 342 g/mol. The van der Waals surface area contributed by atoms with E-state index in [0.717, 1.165) is 35.8 Å². The molecule has 1 saturated heterocycles. The minimum absolute atomic E-state index is 0.188. The average Bonchev–Trinajstić information content (AvgIpc) is 3.15. The SMILES string of the molecule is COc1c(CN[C@@H](C)c2ccc(N3CCCC3=O)cc2)c(C)nn1C. The van der Waals surface area contributed by atoms with Gasteiger partial charge in [0.05, 0.1) is 18.4 Å². The smallest absolute Gasteiger partial charge is 0.227 e. The van der Waals surface area contributed by atoms with E-state index in [1.54, 1.807) is 11.8 Å². The van der Waals surface area contributed by atoms with E-state index < -0.39 is 0 Å². The van der Waals surface area contributed by atoms with Crippen molar-refractivity contribution in [3.05, 3.63) is 41.1 Å². The van der Waals surface area contributed by atoms with Gasteiger partial charge < -0.3 is 15.0 Å². The topological polar surface area (TPSA) is 59.4 Å². The summed E-state index contributed by atoms with van der Waals surface area (Å²) in [6.45, 7) is 5.64. The van der Waals surface area contributed by atoms with Crippen LogP contribution >= 0.6 is 0 Å². The van der Waals surface area contributed by atoms with Gasteiger partial charge in [-0.1, -0.05) is 12.1 Å². The van der Waals surface area contributed by atoms with Crippen molar-refractivity contribution >= 4 is 11.6 Å². The fourth-order valence-electron chi connectivity index (χ4n) is 3.38. The summed E-state index contributed by atoms with van der Waals surface area (Å²) < 4.78 is 7.20. The number of methoxy groups -OCH3 is 1. The zero-order valence-electron chi connectivity index (χ0n) is 15.4. The molecule has 0 radical (unpaired) electrons. The lowest BCUT2D eigenvalue weighted by Crippen LogP contribution is -2.23. The maximum absolute atomic E-state index is 11.8. The van der Waals surface area contributed by atoms with Crippen molar-refractivity contribution in [2.75, 3.05) is 18.6 Å². The molecule has 1 amide bonds. The number of rotatable bonds is 6. The first kappa shape index (κ1) is 17.5. The molecule has 0 aliphatic carbocycles. The van der Waals surface area contributed by atoms with Gasteiger partial charge >= 0.3 is 0 Å². The highest BCUT2D eigenvalue weighted by molar-refractivity contribution is 5.95. The van der Waals surface area contributed by atoms with Crippen LogP contribution in [0.3, 0.4) is 0 Å². The fourth-order valence-corrected chi connectivity index (χ4v) is 3.38. The molecular formula is C19H26N4O2. The van der Waals surface area contributed by atoms with Crippen molar-refractivity contribution in [1.29, 1.82) is 0 Å². The number of nitrogens with one attached hydrogen (secondary N) is 1. The van der Waals surface area contributed by atoms with Crippen LogP contribution in [0.5, 0.6) is 5.88 Å². The maximum Gasteiger partial charge on any atom is 0.227 e. The molecule has 0 bridgehead atoms. The molecule has 6 heteroatoms. The lowest BCUT2D eigenvalue weighted by atomic mass is 10.1. The van der Waals surface area contributed by atoms with Crippen LogP contribution in [0.1, 0.15) is 42.6 Å². The summed E-state index contributed by atoms with van der Waals surface area (Å²) in [5.74, 6) is 1.01. The number of ether oxygens (including phenoxy) is 1.